The monoisotopic (exact) mass is 325 g/mol. The van der Waals surface area contributed by atoms with Crippen molar-refractivity contribution < 1.29 is 18.6 Å². The van der Waals surface area contributed by atoms with Crippen molar-refractivity contribution >= 4 is 11.0 Å². The van der Waals surface area contributed by atoms with Gasteiger partial charge in [-0.05, 0) is 6.07 Å². The van der Waals surface area contributed by atoms with Gasteiger partial charge < -0.3 is 19.2 Å². The molecule has 1 N–H and O–H groups in total. The molecule has 0 saturated carbocycles. The Bertz CT molecular complexity index is 820. The lowest BCUT2D eigenvalue weighted by Crippen LogP contribution is -2.35. The molecule has 2 aromatic heterocycles. The number of H-pyrrole nitrogens is 1. The average Bonchev–Trinajstić information content (AvgIpc) is 2.82. The lowest BCUT2D eigenvalue weighted by Gasteiger charge is -2.16. The SMILES string of the molecule is COC[C@H]1O[C@H](n2cc3ccc(=O)[nH]c3nc2=O)C(F)[C@@H]1OC. The number of halogens is 1. The Morgan fingerprint density at radius 1 is 1.39 bits per heavy atom. The highest BCUT2D eigenvalue weighted by Crippen LogP contribution is 2.33. The largest absolute Gasteiger partial charge is 0.382 e. The maximum atomic E-state index is 14.6. The molecule has 9 heteroatoms. The average molecular weight is 325 g/mol. The fraction of sp³-hybridized carbons (Fsp3) is 0.500. The minimum absolute atomic E-state index is 0.137. The first-order valence-electron chi connectivity index (χ1n) is 6.98. The Kier molecular flexibility index (Phi) is 4.24. The van der Waals surface area contributed by atoms with Gasteiger partial charge in [0.05, 0.1) is 6.61 Å². The number of aromatic amines is 1. The zero-order chi connectivity index (χ0) is 16.6. The third kappa shape index (κ3) is 2.78. The van der Waals surface area contributed by atoms with Crippen LogP contribution in [-0.4, -0.2) is 53.7 Å². The van der Waals surface area contributed by atoms with Crippen LogP contribution in [0.1, 0.15) is 6.23 Å². The number of aromatic nitrogens is 3. The standard InChI is InChI=1S/C14H16FN3O5/c1-21-6-8-11(22-2)10(15)13(23-8)18-5-7-3-4-9(19)16-12(7)17-14(18)20/h3-5,8,10-11,13H,6H2,1-2H3,(H,16,17,19,20)/t8-,10?,11-,13+/m1/s1. The summed E-state index contributed by atoms with van der Waals surface area (Å²) in [4.78, 5) is 29.6. The summed E-state index contributed by atoms with van der Waals surface area (Å²) >= 11 is 0. The molecular weight excluding hydrogens is 309 g/mol. The van der Waals surface area contributed by atoms with E-state index >= 15 is 0 Å². The fourth-order valence-electron chi connectivity index (χ4n) is 2.71. The number of nitrogens with one attached hydrogen (secondary N) is 1. The van der Waals surface area contributed by atoms with Crippen LogP contribution in [0.2, 0.25) is 0 Å². The number of methoxy groups -OCH3 is 2. The van der Waals surface area contributed by atoms with Gasteiger partial charge in [-0.3, -0.25) is 9.36 Å². The Morgan fingerprint density at radius 2 is 2.17 bits per heavy atom. The highest BCUT2D eigenvalue weighted by molar-refractivity contribution is 5.72. The molecule has 1 saturated heterocycles. The molecule has 3 rings (SSSR count). The van der Waals surface area contributed by atoms with Crippen molar-refractivity contribution in [3.63, 3.8) is 0 Å². The van der Waals surface area contributed by atoms with Crippen LogP contribution in [0.3, 0.4) is 0 Å². The first-order chi connectivity index (χ1) is 11.0. The van der Waals surface area contributed by atoms with E-state index in [1.807, 2.05) is 0 Å². The predicted molar refractivity (Wildman–Crippen MR) is 78.1 cm³/mol. The Hall–Kier alpha value is -2.10. The third-order valence-electron chi connectivity index (χ3n) is 3.78. The van der Waals surface area contributed by atoms with Crippen LogP contribution in [0.5, 0.6) is 0 Å². The van der Waals surface area contributed by atoms with Crippen molar-refractivity contribution in [3.05, 3.63) is 39.2 Å². The summed E-state index contributed by atoms with van der Waals surface area (Å²) in [5, 5.41) is 0.490. The van der Waals surface area contributed by atoms with Gasteiger partial charge in [-0.2, -0.15) is 4.98 Å². The van der Waals surface area contributed by atoms with Crippen molar-refractivity contribution in [3.8, 4) is 0 Å². The molecule has 1 unspecified atom stereocenters. The van der Waals surface area contributed by atoms with E-state index in [4.69, 9.17) is 14.2 Å². The zero-order valence-electron chi connectivity index (χ0n) is 12.6. The van der Waals surface area contributed by atoms with Gasteiger partial charge in [0.15, 0.2) is 12.4 Å². The molecule has 1 aliphatic rings. The molecule has 1 aliphatic heterocycles. The van der Waals surface area contributed by atoms with Gasteiger partial charge in [0.25, 0.3) is 0 Å². The second kappa shape index (κ2) is 6.19. The van der Waals surface area contributed by atoms with E-state index in [0.29, 0.717) is 5.39 Å². The molecule has 0 amide bonds. The maximum absolute atomic E-state index is 14.6. The van der Waals surface area contributed by atoms with E-state index < -0.39 is 30.3 Å². The first-order valence-corrected chi connectivity index (χ1v) is 6.98. The Balaban J connectivity index is 2.02. The van der Waals surface area contributed by atoms with Crippen molar-refractivity contribution in [2.45, 2.75) is 24.6 Å². The van der Waals surface area contributed by atoms with E-state index in [0.717, 1.165) is 4.57 Å². The van der Waals surface area contributed by atoms with Crippen molar-refractivity contribution in [1.29, 1.82) is 0 Å². The number of rotatable bonds is 4. The number of fused-ring (bicyclic) bond motifs is 1. The Morgan fingerprint density at radius 3 is 2.87 bits per heavy atom. The summed E-state index contributed by atoms with van der Waals surface area (Å²) in [5.74, 6) is 0. The van der Waals surface area contributed by atoms with E-state index in [1.165, 1.54) is 32.5 Å². The normalized spacial score (nSPS) is 27.6. The third-order valence-corrected chi connectivity index (χ3v) is 3.78. The van der Waals surface area contributed by atoms with Gasteiger partial charge in [0, 0.05) is 31.9 Å². The summed E-state index contributed by atoms with van der Waals surface area (Å²) in [7, 11) is 2.84. The summed E-state index contributed by atoms with van der Waals surface area (Å²) < 4.78 is 31.4. The molecular formula is C14H16FN3O5. The lowest BCUT2D eigenvalue weighted by atomic mass is 10.1. The van der Waals surface area contributed by atoms with Crippen LogP contribution in [0.15, 0.2) is 27.9 Å². The highest BCUT2D eigenvalue weighted by atomic mass is 19.1. The topological polar surface area (TPSA) is 95.4 Å². The molecule has 0 radical (unpaired) electrons. The van der Waals surface area contributed by atoms with E-state index in [-0.39, 0.29) is 17.8 Å². The summed E-state index contributed by atoms with van der Waals surface area (Å²) in [6.07, 6.45) is -2.81. The van der Waals surface area contributed by atoms with Gasteiger partial charge in [0.1, 0.15) is 17.9 Å². The summed E-state index contributed by atoms with van der Waals surface area (Å²) in [6.45, 7) is 0.137. The number of pyridine rings is 1. The fourth-order valence-corrected chi connectivity index (χ4v) is 2.71. The number of hydrogen-bond donors (Lipinski definition) is 1. The van der Waals surface area contributed by atoms with E-state index in [2.05, 4.69) is 9.97 Å². The van der Waals surface area contributed by atoms with Crippen molar-refractivity contribution in [1.82, 2.24) is 14.5 Å². The minimum atomic E-state index is -1.56. The van der Waals surface area contributed by atoms with Crippen LogP contribution in [-0.2, 0) is 14.2 Å². The van der Waals surface area contributed by atoms with Crippen LogP contribution in [0, 0.1) is 0 Å². The molecule has 0 bridgehead atoms. The molecule has 124 valence electrons. The Labute approximate surface area is 129 Å². The van der Waals surface area contributed by atoms with Gasteiger partial charge in [-0.1, -0.05) is 0 Å². The maximum Gasteiger partial charge on any atom is 0.351 e. The second-order valence-electron chi connectivity index (χ2n) is 5.22. The summed E-state index contributed by atoms with van der Waals surface area (Å²) in [6, 6.07) is 2.80. The first kappa shape index (κ1) is 15.8. The van der Waals surface area contributed by atoms with Crippen molar-refractivity contribution in [2.75, 3.05) is 20.8 Å². The van der Waals surface area contributed by atoms with Crippen LogP contribution >= 0.6 is 0 Å². The summed E-state index contributed by atoms with van der Waals surface area (Å²) in [5.41, 5.74) is -0.953. The van der Waals surface area contributed by atoms with Crippen LogP contribution in [0.25, 0.3) is 11.0 Å². The lowest BCUT2D eigenvalue weighted by molar-refractivity contribution is -0.0623. The van der Waals surface area contributed by atoms with Gasteiger partial charge in [-0.15, -0.1) is 0 Å². The molecule has 4 atom stereocenters. The number of hydrogen-bond acceptors (Lipinski definition) is 6. The molecule has 8 nitrogen and oxygen atoms in total. The predicted octanol–water partition coefficient (Wildman–Crippen LogP) is -0.0183. The number of alkyl halides is 1. The molecule has 0 spiro atoms. The molecule has 2 aromatic rings. The van der Waals surface area contributed by atoms with Crippen molar-refractivity contribution in [2.24, 2.45) is 0 Å². The smallest absolute Gasteiger partial charge is 0.351 e. The zero-order valence-corrected chi connectivity index (χ0v) is 12.6. The molecule has 3 heterocycles. The molecule has 23 heavy (non-hydrogen) atoms. The molecule has 0 aliphatic carbocycles. The quantitative estimate of drug-likeness (QED) is 0.849. The second-order valence-corrected chi connectivity index (χ2v) is 5.22. The molecule has 1 fully saturated rings. The highest BCUT2D eigenvalue weighted by Gasteiger charge is 2.46. The minimum Gasteiger partial charge on any atom is -0.382 e. The van der Waals surface area contributed by atoms with Gasteiger partial charge in [0.2, 0.25) is 5.56 Å². The number of ether oxygens (including phenoxy) is 3. The van der Waals surface area contributed by atoms with E-state index in [9.17, 15) is 14.0 Å². The van der Waals surface area contributed by atoms with Crippen LogP contribution < -0.4 is 11.2 Å². The molecule has 0 aromatic carbocycles. The number of nitrogens with zero attached hydrogens (tertiary/aromatic N) is 2. The van der Waals surface area contributed by atoms with E-state index in [1.54, 1.807) is 0 Å². The van der Waals surface area contributed by atoms with Crippen LogP contribution in [0.4, 0.5) is 4.39 Å². The van der Waals surface area contributed by atoms with Gasteiger partial charge in [-0.25, -0.2) is 9.18 Å². The van der Waals surface area contributed by atoms with Gasteiger partial charge >= 0.3 is 5.69 Å².